The molecule has 3 N–H and O–H groups in total. The maximum Gasteiger partial charge on any atom is 0.232 e. The van der Waals surface area contributed by atoms with Gasteiger partial charge in [-0.1, -0.05) is 23.3 Å². The minimum absolute atomic E-state index is 0.234. The highest BCUT2D eigenvalue weighted by Gasteiger charge is 2.35. The Bertz CT molecular complexity index is 1080. The summed E-state index contributed by atoms with van der Waals surface area (Å²) in [6.45, 7) is 10.8. The molecule has 0 unspecified atom stereocenters. The molecule has 4 nitrogen and oxygen atoms in total. The summed E-state index contributed by atoms with van der Waals surface area (Å²) >= 11 is 0. The summed E-state index contributed by atoms with van der Waals surface area (Å²) in [6.07, 6.45) is 4.08. The minimum atomic E-state index is -0.541. The van der Waals surface area contributed by atoms with Crippen LogP contribution in [-0.2, 0) is 16.6 Å². The first-order valence-corrected chi connectivity index (χ1v) is 11.5. The molecule has 1 amide bonds. The fraction of sp³-hybridized carbons (Fsp3) is 0.444. The predicted octanol–water partition coefficient (Wildman–Crippen LogP) is 5.24. The van der Waals surface area contributed by atoms with Crippen molar-refractivity contribution in [3.63, 3.8) is 0 Å². The van der Waals surface area contributed by atoms with Gasteiger partial charge in [-0.3, -0.25) is 4.79 Å². The van der Waals surface area contributed by atoms with Gasteiger partial charge in [-0.25, -0.2) is 0 Å². The van der Waals surface area contributed by atoms with Gasteiger partial charge in [0, 0.05) is 29.7 Å². The van der Waals surface area contributed by atoms with Gasteiger partial charge in [-0.05, 0) is 101 Å². The Balaban J connectivity index is 1.82. The van der Waals surface area contributed by atoms with Crippen molar-refractivity contribution in [1.29, 1.82) is 0 Å². The largest absolute Gasteiger partial charge is 0.354 e. The molecular formula is C27H35N3O. The number of aromatic amines is 1. The van der Waals surface area contributed by atoms with E-state index in [0.717, 1.165) is 49.9 Å². The van der Waals surface area contributed by atoms with Gasteiger partial charge in [0.2, 0.25) is 5.91 Å². The van der Waals surface area contributed by atoms with Crippen molar-refractivity contribution in [2.75, 3.05) is 19.6 Å². The summed E-state index contributed by atoms with van der Waals surface area (Å²) in [5, 5.41) is 1.21. The lowest BCUT2D eigenvalue weighted by molar-refractivity contribution is -0.135. The van der Waals surface area contributed by atoms with Gasteiger partial charge < -0.3 is 15.6 Å². The van der Waals surface area contributed by atoms with E-state index in [-0.39, 0.29) is 5.91 Å². The van der Waals surface area contributed by atoms with E-state index in [1.54, 1.807) is 0 Å². The van der Waals surface area contributed by atoms with E-state index < -0.39 is 5.41 Å². The SMILES string of the molecule is Cc1cc(C)cc(-c2[nH]c3ccc(C(C)(C)C(=O)N4CCCC4)cc3c2CCCN)c1. The van der Waals surface area contributed by atoms with Crippen LogP contribution in [0.15, 0.2) is 36.4 Å². The fourth-order valence-electron chi connectivity index (χ4n) is 4.98. The monoisotopic (exact) mass is 417 g/mol. The molecule has 0 radical (unpaired) electrons. The van der Waals surface area contributed by atoms with Crippen molar-refractivity contribution in [2.45, 2.75) is 58.8 Å². The van der Waals surface area contributed by atoms with Crippen LogP contribution in [0.2, 0.25) is 0 Å². The highest BCUT2D eigenvalue weighted by atomic mass is 16.2. The zero-order valence-electron chi connectivity index (χ0n) is 19.3. The Hall–Kier alpha value is -2.59. The van der Waals surface area contributed by atoms with Gasteiger partial charge in [0.25, 0.3) is 0 Å². The van der Waals surface area contributed by atoms with E-state index in [9.17, 15) is 4.79 Å². The third kappa shape index (κ3) is 4.14. The summed E-state index contributed by atoms with van der Waals surface area (Å²) in [6, 6.07) is 13.2. The molecule has 1 aliphatic rings. The molecule has 1 saturated heterocycles. The van der Waals surface area contributed by atoms with Crippen LogP contribution < -0.4 is 5.73 Å². The van der Waals surface area contributed by atoms with Crippen LogP contribution in [0.5, 0.6) is 0 Å². The summed E-state index contributed by atoms with van der Waals surface area (Å²) in [5.41, 5.74) is 13.8. The molecule has 4 heteroatoms. The van der Waals surface area contributed by atoms with Gasteiger partial charge in [-0.2, -0.15) is 0 Å². The maximum atomic E-state index is 13.3. The van der Waals surface area contributed by atoms with Gasteiger partial charge in [-0.15, -0.1) is 0 Å². The van der Waals surface area contributed by atoms with Gasteiger partial charge in [0.1, 0.15) is 0 Å². The van der Waals surface area contributed by atoms with Gasteiger partial charge in [0.05, 0.1) is 5.41 Å². The molecule has 1 aromatic heterocycles. The Morgan fingerprint density at radius 2 is 1.74 bits per heavy atom. The number of rotatable bonds is 6. The molecule has 0 spiro atoms. The molecule has 0 aliphatic carbocycles. The molecule has 2 aromatic carbocycles. The first-order valence-electron chi connectivity index (χ1n) is 11.5. The van der Waals surface area contributed by atoms with Crippen LogP contribution in [0.3, 0.4) is 0 Å². The number of nitrogens with zero attached hydrogens (tertiary/aromatic N) is 1. The fourth-order valence-corrected chi connectivity index (χ4v) is 4.98. The third-order valence-electron chi connectivity index (χ3n) is 6.70. The van der Waals surface area contributed by atoms with Crippen LogP contribution in [0.4, 0.5) is 0 Å². The zero-order valence-corrected chi connectivity index (χ0v) is 19.3. The predicted molar refractivity (Wildman–Crippen MR) is 129 cm³/mol. The molecule has 0 atom stereocenters. The van der Waals surface area contributed by atoms with E-state index >= 15 is 0 Å². The molecule has 164 valence electrons. The molecule has 31 heavy (non-hydrogen) atoms. The van der Waals surface area contributed by atoms with E-state index in [2.05, 4.69) is 69.1 Å². The first kappa shape index (κ1) is 21.6. The highest BCUT2D eigenvalue weighted by molar-refractivity contribution is 5.94. The minimum Gasteiger partial charge on any atom is -0.354 e. The van der Waals surface area contributed by atoms with Crippen LogP contribution in [0.25, 0.3) is 22.2 Å². The summed E-state index contributed by atoms with van der Waals surface area (Å²) in [4.78, 5) is 19.0. The summed E-state index contributed by atoms with van der Waals surface area (Å²) in [7, 11) is 0. The number of H-pyrrole nitrogens is 1. The number of nitrogens with two attached hydrogens (primary N) is 1. The van der Waals surface area contributed by atoms with Crippen molar-refractivity contribution >= 4 is 16.8 Å². The normalized spacial score (nSPS) is 14.5. The van der Waals surface area contributed by atoms with Crippen molar-refractivity contribution < 1.29 is 4.79 Å². The van der Waals surface area contributed by atoms with Crippen molar-refractivity contribution in [2.24, 2.45) is 5.73 Å². The van der Waals surface area contributed by atoms with Gasteiger partial charge >= 0.3 is 0 Å². The highest BCUT2D eigenvalue weighted by Crippen LogP contribution is 2.36. The van der Waals surface area contributed by atoms with E-state index in [1.807, 2.05) is 4.90 Å². The number of carbonyl (C=O) groups is 1. The Morgan fingerprint density at radius 3 is 2.39 bits per heavy atom. The number of amides is 1. The van der Waals surface area contributed by atoms with Crippen molar-refractivity contribution in [3.8, 4) is 11.3 Å². The Labute approximate surface area is 185 Å². The van der Waals surface area contributed by atoms with Crippen molar-refractivity contribution in [3.05, 3.63) is 58.7 Å². The molecular weight excluding hydrogens is 382 g/mol. The number of aryl methyl sites for hydroxylation is 3. The summed E-state index contributed by atoms with van der Waals surface area (Å²) < 4.78 is 0. The zero-order chi connectivity index (χ0) is 22.2. The van der Waals surface area contributed by atoms with Crippen molar-refractivity contribution in [1.82, 2.24) is 9.88 Å². The lowest BCUT2D eigenvalue weighted by Crippen LogP contribution is -2.41. The van der Waals surface area contributed by atoms with E-state index in [0.29, 0.717) is 6.54 Å². The van der Waals surface area contributed by atoms with E-state index in [4.69, 9.17) is 5.73 Å². The van der Waals surface area contributed by atoms with Crippen LogP contribution in [-0.4, -0.2) is 35.4 Å². The first-order chi connectivity index (χ1) is 14.8. The van der Waals surface area contributed by atoms with Crippen LogP contribution in [0, 0.1) is 13.8 Å². The average Bonchev–Trinajstić information content (AvgIpc) is 3.38. The molecule has 0 bridgehead atoms. The molecule has 0 saturated carbocycles. The number of hydrogen-bond acceptors (Lipinski definition) is 2. The molecule has 3 aromatic rings. The number of likely N-dealkylation sites (tertiary alicyclic amines) is 1. The number of aromatic nitrogens is 1. The number of carbonyl (C=O) groups excluding carboxylic acids is 1. The quantitative estimate of drug-likeness (QED) is 0.576. The molecule has 2 heterocycles. The molecule has 1 fully saturated rings. The third-order valence-corrected chi connectivity index (χ3v) is 6.70. The topological polar surface area (TPSA) is 62.1 Å². The Morgan fingerprint density at radius 1 is 1.06 bits per heavy atom. The number of benzene rings is 2. The molecule has 4 rings (SSSR count). The van der Waals surface area contributed by atoms with Gasteiger partial charge in [0.15, 0.2) is 0 Å². The Kier molecular flexibility index (Phi) is 5.94. The summed E-state index contributed by atoms with van der Waals surface area (Å²) in [5.74, 6) is 0.234. The lowest BCUT2D eigenvalue weighted by atomic mass is 9.82. The number of fused-ring (bicyclic) bond motifs is 1. The number of nitrogens with one attached hydrogen (secondary N) is 1. The second-order valence-corrected chi connectivity index (χ2v) is 9.63. The number of hydrogen-bond donors (Lipinski definition) is 2. The average molecular weight is 418 g/mol. The smallest absolute Gasteiger partial charge is 0.232 e. The second-order valence-electron chi connectivity index (χ2n) is 9.63. The lowest BCUT2D eigenvalue weighted by Gasteiger charge is -2.29. The maximum absolute atomic E-state index is 13.3. The van der Waals surface area contributed by atoms with E-state index in [1.165, 1.54) is 33.3 Å². The van der Waals surface area contributed by atoms with Crippen LogP contribution >= 0.6 is 0 Å². The standard InChI is InChI=1S/C27H35N3O/c1-18-14-19(2)16-20(15-18)25-22(8-7-11-28)23-17-21(9-10-24(23)29-25)27(3,4)26(31)30-12-5-6-13-30/h9-10,14-17,29H,5-8,11-13,28H2,1-4H3. The second kappa shape index (κ2) is 8.51. The molecule has 1 aliphatic heterocycles. The van der Waals surface area contributed by atoms with Crippen LogP contribution in [0.1, 0.15) is 55.4 Å².